The van der Waals surface area contributed by atoms with E-state index in [0.29, 0.717) is 28.9 Å². The second-order valence-electron chi connectivity index (χ2n) is 6.61. The van der Waals surface area contributed by atoms with Gasteiger partial charge in [0.05, 0.1) is 16.9 Å². The van der Waals surface area contributed by atoms with Crippen molar-refractivity contribution in [1.29, 1.82) is 5.26 Å². The van der Waals surface area contributed by atoms with Crippen LogP contribution >= 0.6 is 0 Å². The fourth-order valence-corrected chi connectivity index (χ4v) is 3.09. The van der Waals surface area contributed by atoms with Crippen molar-refractivity contribution in [3.63, 3.8) is 0 Å². The summed E-state index contributed by atoms with van der Waals surface area (Å²) in [5.41, 5.74) is 12.5. The van der Waals surface area contributed by atoms with E-state index in [9.17, 15) is 5.26 Å². The molecule has 3 rings (SSSR count). The summed E-state index contributed by atoms with van der Waals surface area (Å²) in [7, 11) is 0. The Morgan fingerprint density at radius 2 is 1.67 bits per heavy atom. The number of anilines is 1. The monoisotopic (exact) mass is 355 g/mol. The summed E-state index contributed by atoms with van der Waals surface area (Å²) in [4.78, 5) is 4.45. The van der Waals surface area contributed by atoms with Crippen LogP contribution in [0.3, 0.4) is 0 Å². The smallest absolute Gasteiger partial charge is 0.151 e. The SMILES string of the molecule is Cc1cc(C)cc(N=Nc2c(N)nc(Cc3ccccc3)c(C#N)c2C)c1. The van der Waals surface area contributed by atoms with Crippen molar-refractivity contribution in [2.24, 2.45) is 10.2 Å². The molecule has 0 radical (unpaired) electrons. The molecule has 5 heteroatoms. The van der Waals surface area contributed by atoms with Crippen LogP contribution in [0.5, 0.6) is 0 Å². The molecule has 2 aromatic carbocycles. The largest absolute Gasteiger partial charge is 0.382 e. The Hall–Kier alpha value is -3.52. The number of hydrogen-bond donors (Lipinski definition) is 1. The van der Waals surface area contributed by atoms with E-state index in [0.717, 1.165) is 22.4 Å². The van der Waals surface area contributed by atoms with E-state index in [1.54, 1.807) is 0 Å². The lowest BCUT2D eigenvalue weighted by Crippen LogP contribution is -2.04. The van der Waals surface area contributed by atoms with E-state index in [2.05, 4.69) is 27.3 Å². The van der Waals surface area contributed by atoms with E-state index in [1.165, 1.54) is 0 Å². The highest BCUT2D eigenvalue weighted by Gasteiger charge is 2.16. The van der Waals surface area contributed by atoms with E-state index >= 15 is 0 Å². The standard InChI is InChI=1S/C22H21N5/c1-14-9-15(2)11-18(10-14)26-27-21-16(3)19(13-23)20(25-22(21)24)12-17-7-5-4-6-8-17/h4-11H,12H2,1-3H3,(H2,24,25). The van der Waals surface area contributed by atoms with Crippen molar-refractivity contribution in [3.05, 3.63) is 82.0 Å². The number of benzene rings is 2. The first-order valence-corrected chi connectivity index (χ1v) is 8.71. The van der Waals surface area contributed by atoms with Gasteiger partial charge < -0.3 is 5.73 Å². The fourth-order valence-electron chi connectivity index (χ4n) is 3.09. The molecule has 0 spiro atoms. The van der Waals surface area contributed by atoms with Crippen molar-refractivity contribution in [2.45, 2.75) is 27.2 Å². The minimum Gasteiger partial charge on any atom is -0.382 e. The van der Waals surface area contributed by atoms with Crippen LogP contribution in [-0.4, -0.2) is 4.98 Å². The van der Waals surface area contributed by atoms with Crippen LogP contribution in [-0.2, 0) is 6.42 Å². The zero-order chi connectivity index (χ0) is 19.4. The molecular formula is C22H21N5. The molecular weight excluding hydrogens is 334 g/mol. The zero-order valence-corrected chi connectivity index (χ0v) is 15.7. The zero-order valence-electron chi connectivity index (χ0n) is 15.7. The van der Waals surface area contributed by atoms with Gasteiger partial charge in [-0.05, 0) is 55.2 Å². The third-order valence-electron chi connectivity index (χ3n) is 4.31. The molecule has 1 aromatic heterocycles. The lowest BCUT2D eigenvalue weighted by molar-refractivity contribution is 1.04. The molecule has 0 amide bonds. The number of aryl methyl sites for hydroxylation is 2. The summed E-state index contributed by atoms with van der Waals surface area (Å²) in [5, 5.41) is 18.3. The maximum Gasteiger partial charge on any atom is 0.151 e. The molecule has 0 atom stereocenters. The number of nitrogens with zero attached hydrogens (tertiary/aromatic N) is 4. The average Bonchev–Trinajstić information content (AvgIpc) is 2.61. The topological polar surface area (TPSA) is 87.4 Å². The maximum atomic E-state index is 9.65. The molecule has 0 saturated carbocycles. The third-order valence-corrected chi connectivity index (χ3v) is 4.31. The summed E-state index contributed by atoms with van der Waals surface area (Å²) < 4.78 is 0. The quantitative estimate of drug-likeness (QED) is 0.630. The van der Waals surface area contributed by atoms with Crippen LogP contribution in [0.15, 0.2) is 58.8 Å². The first-order chi connectivity index (χ1) is 13.0. The van der Waals surface area contributed by atoms with Gasteiger partial charge in [-0.1, -0.05) is 36.4 Å². The fraction of sp³-hybridized carbons (Fsp3) is 0.182. The van der Waals surface area contributed by atoms with Crippen LogP contribution in [0.4, 0.5) is 17.2 Å². The van der Waals surface area contributed by atoms with Gasteiger partial charge in [-0.25, -0.2) is 4.98 Å². The van der Waals surface area contributed by atoms with Gasteiger partial charge in [0.25, 0.3) is 0 Å². The Labute approximate surface area is 159 Å². The summed E-state index contributed by atoms with van der Waals surface area (Å²) in [6.07, 6.45) is 0.545. The van der Waals surface area contributed by atoms with Crippen LogP contribution in [0.25, 0.3) is 0 Å². The number of nitrogens with two attached hydrogens (primary N) is 1. The lowest BCUT2D eigenvalue weighted by atomic mass is 10.0. The van der Waals surface area contributed by atoms with Crippen molar-refractivity contribution in [1.82, 2.24) is 4.98 Å². The molecule has 1 heterocycles. The van der Waals surface area contributed by atoms with Crippen LogP contribution in [0.1, 0.15) is 33.5 Å². The molecule has 3 aromatic rings. The first-order valence-electron chi connectivity index (χ1n) is 8.71. The molecule has 0 aliphatic rings. The summed E-state index contributed by atoms with van der Waals surface area (Å²) in [6, 6.07) is 18.1. The average molecular weight is 355 g/mol. The summed E-state index contributed by atoms with van der Waals surface area (Å²) in [6.45, 7) is 5.86. The first kappa shape index (κ1) is 18.3. The Bertz CT molecular complexity index is 1030. The Morgan fingerprint density at radius 3 is 2.30 bits per heavy atom. The van der Waals surface area contributed by atoms with Crippen molar-refractivity contribution >= 4 is 17.2 Å². The van der Waals surface area contributed by atoms with Gasteiger partial charge >= 0.3 is 0 Å². The van der Waals surface area contributed by atoms with Crippen molar-refractivity contribution in [3.8, 4) is 6.07 Å². The second kappa shape index (κ2) is 7.79. The molecule has 0 unspecified atom stereocenters. The van der Waals surface area contributed by atoms with Crippen LogP contribution in [0.2, 0.25) is 0 Å². The molecule has 5 nitrogen and oxygen atoms in total. The van der Waals surface area contributed by atoms with E-state index in [1.807, 2.05) is 63.2 Å². The lowest BCUT2D eigenvalue weighted by Gasteiger charge is -2.11. The number of aromatic nitrogens is 1. The van der Waals surface area contributed by atoms with E-state index in [-0.39, 0.29) is 5.82 Å². The highest BCUT2D eigenvalue weighted by Crippen LogP contribution is 2.32. The van der Waals surface area contributed by atoms with Gasteiger partial charge in [-0.15, -0.1) is 5.11 Å². The predicted octanol–water partition coefficient (Wildman–Crippen LogP) is 5.47. The molecule has 0 saturated heterocycles. The van der Waals surface area contributed by atoms with Gasteiger partial charge in [0, 0.05) is 6.42 Å². The third kappa shape index (κ3) is 4.18. The predicted molar refractivity (Wildman–Crippen MR) is 107 cm³/mol. The number of nitrogen functional groups attached to an aromatic ring is 1. The second-order valence-corrected chi connectivity index (χ2v) is 6.61. The van der Waals surface area contributed by atoms with Gasteiger partial charge in [0.1, 0.15) is 11.8 Å². The Morgan fingerprint density at radius 1 is 1.00 bits per heavy atom. The minimum atomic E-state index is 0.283. The number of pyridine rings is 1. The molecule has 134 valence electrons. The number of rotatable bonds is 4. The van der Waals surface area contributed by atoms with E-state index in [4.69, 9.17) is 5.73 Å². The molecule has 0 aliphatic heterocycles. The normalized spacial score (nSPS) is 10.9. The molecule has 2 N–H and O–H groups in total. The van der Waals surface area contributed by atoms with Gasteiger partial charge in [-0.3, -0.25) is 0 Å². The molecule has 27 heavy (non-hydrogen) atoms. The van der Waals surface area contributed by atoms with Gasteiger partial charge in [-0.2, -0.15) is 10.4 Å². The number of hydrogen-bond acceptors (Lipinski definition) is 5. The maximum absolute atomic E-state index is 9.65. The highest BCUT2D eigenvalue weighted by atomic mass is 15.1. The molecule has 0 fully saturated rings. The van der Waals surface area contributed by atoms with Crippen molar-refractivity contribution in [2.75, 3.05) is 5.73 Å². The Balaban J connectivity index is 2.00. The van der Waals surface area contributed by atoms with E-state index < -0.39 is 0 Å². The molecule has 0 bridgehead atoms. The van der Waals surface area contributed by atoms with Gasteiger partial charge in [0.2, 0.25) is 0 Å². The Kier molecular flexibility index (Phi) is 5.28. The van der Waals surface area contributed by atoms with Crippen LogP contribution < -0.4 is 5.73 Å². The number of nitriles is 1. The van der Waals surface area contributed by atoms with Crippen LogP contribution in [0, 0.1) is 32.1 Å². The van der Waals surface area contributed by atoms with Gasteiger partial charge in [0.15, 0.2) is 5.82 Å². The summed E-state index contributed by atoms with van der Waals surface area (Å²) >= 11 is 0. The van der Waals surface area contributed by atoms with Crippen molar-refractivity contribution < 1.29 is 0 Å². The number of azo groups is 1. The summed E-state index contributed by atoms with van der Waals surface area (Å²) in [5.74, 6) is 0.283. The minimum absolute atomic E-state index is 0.283. The molecule has 0 aliphatic carbocycles. The highest BCUT2D eigenvalue weighted by molar-refractivity contribution is 5.67.